The highest BCUT2D eigenvalue weighted by molar-refractivity contribution is 6.96. The predicted molar refractivity (Wildman–Crippen MR) is 669 cm³/mol. The van der Waals surface area contributed by atoms with Gasteiger partial charge in [-0.05, 0) is 247 Å². The zero-order chi connectivity index (χ0) is 108. The second kappa shape index (κ2) is 52.9. The van der Waals surface area contributed by atoms with E-state index in [9.17, 15) is 0 Å². The third-order valence-corrected chi connectivity index (χ3v) is 64.7. The molecule has 0 amide bonds. The molecule has 0 radical (unpaired) electrons. The first-order chi connectivity index (χ1) is 70.3. The van der Waals surface area contributed by atoms with Crippen LogP contribution in [0.4, 0.5) is 0 Å². The van der Waals surface area contributed by atoms with Crippen LogP contribution in [0.15, 0.2) is 109 Å². The highest BCUT2D eigenvalue weighted by Crippen LogP contribution is 2.53. The average molecular weight is 2080 g/mol. The van der Waals surface area contributed by atoms with Gasteiger partial charge in [0, 0.05) is 63.1 Å². The van der Waals surface area contributed by atoms with Gasteiger partial charge in [-0.2, -0.15) is 0 Å². The molecule has 0 N–H and O–H groups in total. The van der Waals surface area contributed by atoms with Crippen LogP contribution in [0.2, 0.25) is 68.5 Å². The fraction of sp³-hybridized carbons (Fsp3) is 0.655. The van der Waals surface area contributed by atoms with Gasteiger partial charge in [0.15, 0.2) is 0 Å². The van der Waals surface area contributed by atoms with Crippen molar-refractivity contribution in [2.45, 2.75) is 559 Å². The van der Waals surface area contributed by atoms with Gasteiger partial charge >= 0.3 is 0 Å². The molecule has 0 saturated carbocycles. The largest absolute Gasteiger partial charge is 0.493 e. The molecule has 0 atom stereocenters. The van der Waals surface area contributed by atoms with Gasteiger partial charge in [-0.15, -0.1) is 0 Å². The minimum atomic E-state index is -2.16. The Hall–Kier alpha value is -6.37. The van der Waals surface area contributed by atoms with Gasteiger partial charge in [0.05, 0.1) is 68.8 Å². The summed E-state index contributed by atoms with van der Waals surface area (Å²) in [7, 11) is -8.49. The number of fused-ring (bicyclic) bond motifs is 8. The van der Waals surface area contributed by atoms with Gasteiger partial charge in [-0.25, -0.2) is 0 Å². The lowest BCUT2D eigenvalue weighted by Gasteiger charge is -2.40. The lowest BCUT2D eigenvalue weighted by atomic mass is 9.71. The molecular weight excluding hydrogens is 1860 g/mol. The molecule has 2 aromatic heterocycles. The van der Waals surface area contributed by atoms with Gasteiger partial charge in [0.25, 0.3) is 0 Å². The van der Waals surface area contributed by atoms with Crippen molar-refractivity contribution in [3.05, 3.63) is 176 Å². The molecule has 0 bridgehead atoms. The number of ether oxygens (including phenoxy) is 3. The SMILES string of the molecule is CCCCCCCC[Si](c1ccc2c3ccc([Si](CCCCCCCC)(C(C)C)C(C)C)cc3n(Cc3cc(C(C)(C)CC(C)(C)C)cc(-c4cc(C)c5c(c4OCCCOc4c(Cc6cc(C(C)(C)CC(C)(C)C)cc(-n7c8cc([Si](CCCCCCCC)(C(C)C)C(C)C)ccc8c8ccc([Si](CCCCCCCC)(C(C)C)C(C)C)cc87)c6OCCC)cc(C)c6c4CCC6)CCC5)c3CCC)c2c1)(C(C)C)C(C)C. The molecule has 8 aromatic carbocycles. The molecule has 0 saturated heterocycles. The van der Waals surface area contributed by atoms with Crippen LogP contribution >= 0.6 is 0 Å². The molecule has 5 nitrogen and oxygen atoms in total. The molecule has 2 aliphatic rings. The highest BCUT2D eigenvalue weighted by atomic mass is 28.3. The quantitative estimate of drug-likeness (QED) is 0.0282. The maximum atomic E-state index is 7.85. The Morgan fingerprint density at radius 1 is 0.297 bits per heavy atom. The second-order valence-electron chi connectivity index (χ2n) is 54.4. The lowest BCUT2D eigenvalue weighted by molar-refractivity contribution is 0.244. The van der Waals surface area contributed by atoms with E-state index in [1.807, 2.05) is 0 Å². The number of nitrogens with zero attached hydrogens (tertiary/aromatic N) is 2. The van der Waals surface area contributed by atoms with Gasteiger partial charge in [-0.3, -0.25) is 0 Å². The van der Waals surface area contributed by atoms with E-state index in [1.165, 1.54) is 305 Å². The van der Waals surface area contributed by atoms with E-state index < -0.39 is 32.3 Å². The van der Waals surface area contributed by atoms with Crippen molar-refractivity contribution in [3.8, 4) is 34.1 Å². The van der Waals surface area contributed by atoms with Crippen molar-refractivity contribution in [2.24, 2.45) is 10.8 Å². The maximum Gasteiger partial charge on any atom is 0.146 e. The fourth-order valence-electron chi connectivity index (χ4n) is 30.8. The van der Waals surface area contributed by atoms with E-state index in [2.05, 4.69) is 354 Å². The second-order valence-corrected chi connectivity index (χ2v) is 76.3. The van der Waals surface area contributed by atoms with Gasteiger partial charge in [0.1, 0.15) is 17.2 Å². The molecule has 2 heterocycles. The number of rotatable bonds is 61. The summed E-state index contributed by atoms with van der Waals surface area (Å²) in [6, 6.07) is 53.7. The van der Waals surface area contributed by atoms with Crippen LogP contribution in [0.1, 0.15) is 487 Å². The zero-order valence-electron chi connectivity index (χ0n) is 102. The third kappa shape index (κ3) is 26.8. The van der Waals surface area contributed by atoms with Crippen LogP contribution in [0.5, 0.6) is 17.2 Å². The smallest absolute Gasteiger partial charge is 0.146 e. The number of aryl methyl sites for hydroxylation is 2. The van der Waals surface area contributed by atoms with E-state index in [1.54, 1.807) is 20.7 Å². The third-order valence-electron chi connectivity index (χ3n) is 38.0. The normalized spacial score (nSPS) is 13.9. The summed E-state index contributed by atoms with van der Waals surface area (Å²) >= 11 is 0. The van der Waals surface area contributed by atoms with Crippen LogP contribution in [-0.2, 0) is 55.9 Å². The summed E-state index contributed by atoms with van der Waals surface area (Å²) in [6.07, 6.45) is 45.1. The predicted octanol–water partition coefficient (Wildman–Crippen LogP) is 41.2. The molecule has 12 rings (SSSR count). The van der Waals surface area contributed by atoms with E-state index in [-0.39, 0.29) is 21.7 Å². The monoisotopic (exact) mass is 2080 g/mol. The first-order valence-corrected chi connectivity index (χ1v) is 71.5. The minimum absolute atomic E-state index is 0.0729. The number of hydrogen-bond acceptors (Lipinski definition) is 3. The Labute approximate surface area is 912 Å². The van der Waals surface area contributed by atoms with Crippen LogP contribution in [0.3, 0.4) is 0 Å². The molecule has 0 aliphatic heterocycles. The Morgan fingerprint density at radius 2 is 0.622 bits per heavy atom. The van der Waals surface area contributed by atoms with Crippen LogP contribution in [0, 0.1) is 24.7 Å². The van der Waals surface area contributed by atoms with Gasteiger partial charge in [0.2, 0.25) is 0 Å². The van der Waals surface area contributed by atoms with Crippen LogP contribution in [-0.4, -0.2) is 61.3 Å². The molecule has 818 valence electrons. The molecule has 0 spiro atoms. The van der Waals surface area contributed by atoms with E-state index in [4.69, 9.17) is 14.2 Å². The topological polar surface area (TPSA) is 37.5 Å². The summed E-state index contributed by atoms with van der Waals surface area (Å²) in [5, 5.41) is 12.2. The first-order valence-electron chi connectivity index (χ1n) is 62.0. The average Bonchev–Trinajstić information content (AvgIpc) is 1.56. The summed E-state index contributed by atoms with van der Waals surface area (Å²) < 4.78 is 29.1. The molecule has 0 fully saturated rings. The first kappa shape index (κ1) is 120. The lowest BCUT2D eigenvalue weighted by Crippen LogP contribution is -2.53. The Bertz CT molecular complexity index is 5730. The van der Waals surface area contributed by atoms with Crippen molar-refractivity contribution < 1.29 is 14.2 Å². The summed E-state index contributed by atoms with van der Waals surface area (Å²) in [6.45, 7) is 88.3. The molecule has 9 heteroatoms. The number of hydrogen-bond donors (Lipinski definition) is 0. The van der Waals surface area contributed by atoms with Gasteiger partial charge < -0.3 is 23.3 Å². The van der Waals surface area contributed by atoms with Crippen LogP contribution in [0.25, 0.3) is 60.4 Å². The number of unbranched alkanes of at least 4 members (excludes halogenated alkanes) is 20. The number of aromatic nitrogens is 2. The van der Waals surface area contributed by atoms with Crippen molar-refractivity contribution in [1.29, 1.82) is 0 Å². The minimum Gasteiger partial charge on any atom is -0.493 e. The maximum absolute atomic E-state index is 7.85. The van der Waals surface area contributed by atoms with Crippen molar-refractivity contribution in [2.75, 3.05) is 19.8 Å². The van der Waals surface area contributed by atoms with Crippen molar-refractivity contribution in [1.82, 2.24) is 9.13 Å². The number of benzene rings is 8. The molecule has 0 unspecified atom stereocenters. The fourth-order valence-corrected chi connectivity index (χ4v) is 53.8. The molecule has 10 aromatic rings. The van der Waals surface area contributed by atoms with E-state index >= 15 is 0 Å². The van der Waals surface area contributed by atoms with E-state index in [0.717, 1.165) is 101 Å². The molecular formula is C139H218N2O3Si4. The zero-order valence-corrected chi connectivity index (χ0v) is 106. The van der Waals surface area contributed by atoms with Crippen LogP contribution < -0.4 is 35.0 Å². The Kier molecular flexibility index (Phi) is 43.0. The Balaban J connectivity index is 1.01. The summed E-state index contributed by atoms with van der Waals surface area (Å²) in [5.41, 5.74) is 31.2. The van der Waals surface area contributed by atoms with E-state index in [0.29, 0.717) is 70.6 Å². The van der Waals surface area contributed by atoms with Gasteiger partial charge in [-0.1, -0.05) is 500 Å². The molecule has 148 heavy (non-hydrogen) atoms. The summed E-state index contributed by atoms with van der Waals surface area (Å²) in [5.74, 6) is 3.27. The Morgan fingerprint density at radius 3 is 0.993 bits per heavy atom. The van der Waals surface area contributed by atoms with Crippen molar-refractivity contribution in [3.63, 3.8) is 0 Å². The highest BCUT2D eigenvalue weighted by Gasteiger charge is 2.47. The molecule has 2 aliphatic carbocycles. The standard InChI is InChI=1S/C139H218N2O3Si4/c1-35-41-45-49-53-57-80-145(98(7)8,99(9)10)113-69-73-120-121-74-70-114(146(100(11)12,101(13)14)81-58-54-50-46-42-36-2)92-129(121)140(128(120)91-113)95-110-88-111(138(31,32)96-136(25,26)27)89-126(119(110)64-39-5)127-85-107(24)118-66-62-68-125(118)135(127)144-79-63-78-143-133-108(84-106(23)117-65-61-67-124(117)133)86-109-87-112(139(33,34)97-137(28,29)30)90-132(134(109)142-77-40-6)141-130-93-115(147(102(15)16,103(17)18)82-59-55-51-47-43-37-3)71-75-122(130)123-76-72-116(94-131(123)141)148(104(19)20,105(21)22)83-60-56-52-48-44-38-4/h69-76,84-85,87-94,98-105H,35-68,77-83,86,95-97H2,1-34H3. The van der Waals surface area contributed by atoms with Crippen molar-refractivity contribution >= 4 is 96.7 Å². The summed E-state index contributed by atoms with van der Waals surface area (Å²) in [4.78, 5) is 0.